The Kier molecular flexibility index (Phi) is 4.76. The molecule has 0 bridgehead atoms. The number of carbonyl (C=O) groups excluding carboxylic acids is 2. The van der Waals surface area contributed by atoms with Crippen LogP contribution < -0.4 is 0 Å². The molecule has 0 radical (unpaired) electrons. The lowest BCUT2D eigenvalue weighted by molar-refractivity contribution is -0.384. The fourth-order valence-electron chi connectivity index (χ4n) is 1.33. The summed E-state index contributed by atoms with van der Waals surface area (Å²) in [5.41, 5.74) is -0.592. The Bertz CT molecular complexity index is 549. The molecule has 1 aromatic rings. The Morgan fingerprint density at radius 1 is 1.47 bits per heavy atom. The first-order valence-corrected chi connectivity index (χ1v) is 5.31. The van der Waals surface area contributed by atoms with Crippen molar-refractivity contribution < 1.29 is 24.4 Å². The van der Waals surface area contributed by atoms with Crippen molar-refractivity contribution in [2.24, 2.45) is 0 Å². The highest BCUT2D eigenvalue weighted by atomic mass is 16.6. The van der Waals surface area contributed by atoms with Crippen molar-refractivity contribution in [1.29, 1.82) is 0 Å². The maximum Gasteiger partial charge on any atom is 0.330 e. The fraction of sp³-hybridized carbons (Fsp3) is 0.167. The van der Waals surface area contributed by atoms with Gasteiger partial charge in [-0.3, -0.25) is 14.9 Å². The number of phenols is 1. The van der Waals surface area contributed by atoms with Gasteiger partial charge in [-0.25, -0.2) is 4.79 Å². The number of carbonyl (C=O) groups is 2. The summed E-state index contributed by atoms with van der Waals surface area (Å²) in [7, 11) is 0. The number of ether oxygens (including phenoxy) is 1. The number of phenolic OH excluding ortho intramolecular Hbond substituents is 1. The van der Waals surface area contributed by atoms with Crippen LogP contribution in [0.5, 0.6) is 5.75 Å². The lowest BCUT2D eigenvalue weighted by atomic mass is 10.1. The van der Waals surface area contributed by atoms with Gasteiger partial charge >= 0.3 is 5.97 Å². The van der Waals surface area contributed by atoms with Gasteiger partial charge in [-0.2, -0.15) is 0 Å². The molecule has 1 rings (SSSR count). The number of hydrogen-bond acceptors (Lipinski definition) is 6. The van der Waals surface area contributed by atoms with Gasteiger partial charge in [-0.05, 0) is 13.0 Å². The number of aldehydes is 1. The van der Waals surface area contributed by atoms with Crippen LogP contribution >= 0.6 is 0 Å². The number of nitro benzene ring substituents is 1. The Morgan fingerprint density at radius 2 is 2.11 bits per heavy atom. The second-order valence-electron chi connectivity index (χ2n) is 3.43. The van der Waals surface area contributed by atoms with Crippen molar-refractivity contribution in [2.45, 2.75) is 6.92 Å². The van der Waals surface area contributed by atoms with Crippen molar-refractivity contribution in [1.82, 2.24) is 0 Å². The molecule has 0 heterocycles. The summed E-state index contributed by atoms with van der Waals surface area (Å²) in [5.74, 6) is -1.08. The maximum absolute atomic E-state index is 11.1. The summed E-state index contributed by atoms with van der Waals surface area (Å²) in [6.07, 6.45) is 2.45. The lowest BCUT2D eigenvalue weighted by Gasteiger charge is -2.02. The largest absolute Gasteiger partial charge is 0.507 e. The number of rotatable bonds is 5. The summed E-state index contributed by atoms with van der Waals surface area (Å²) < 4.78 is 4.63. The molecule has 0 amide bonds. The van der Waals surface area contributed by atoms with Gasteiger partial charge < -0.3 is 9.84 Å². The van der Waals surface area contributed by atoms with E-state index in [1.54, 1.807) is 6.92 Å². The quantitative estimate of drug-likeness (QED) is 0.285. The molecule has 19 heavy (non-hydrogen) atoms. The molecule has 0 fully saturated rings. The van der Waals surface area contributed by atoms with E-state index in [9.17, 15) is 24.8 Å². The van der Waals surface area contributed by atoms with Crippen LogP contribution in [0.25, 0.3) is 6.08 Å². The topological polar surface area (TPSA) is 107 Å². The Labute approximate surface area is 108 Å². The summed E-state index contributed by atoms with van der Waals surface area (Å²) in [6.45, 7) is 1.81. The molecule has 0 unspecified atom stereocenters. The summed E-state index contributed by atoms with van der Waals surface area (Å²) in [6, 6.07) is 2.00. The molecule has 0 atom stereocenters. The highest BCUT2D eigenvalue weighted by molar-refractivity contribution is 5.90. The molecule has 0 saturated heterocycles. The zero-order valence-corrected chi connectivity index (χ0v) is 10.0. The van der Waals surface area contributed by atoms with E-state index in [2.05, 4.69) is 4.74 Å². The van der Waals surface area contributed by atoms with E-state index in [4.69, 9.17) is 0 Å². The van der Waals surface area contributed by atoms with E-state index in [-0.39, 0.29) is 23.4 Å². The number of nitro groups is 1. The number of hydrogen-bond donors (Lipinski definition) is 1. The summed E-state index contributed by atoms with van der Waals surface area (Å²) >= 11 is 0. The fourth-order valence-corrected chi connectivity index (χ4v) is 1.33. The second-order valence-corrected chi connectivity index (χ2v) is 3.43. The van der Waals surface area contributed by atoms with Gasteiger partial charge in [0.1, 0.15) is 5.75 Å². The van der Waals surface area contributed by atoms with Crippen LogP contribution in [0.1, 0.15) is 22.8 Å². The molecular weight excluding hydrogens is 254 g/mol. The first kappa shape index (κ1) is 14.4. The number of esters is 1. The SMILES string of the molecule is CCOC(=O)C=Cc1cc([N+](=O)[O-])cc(C=O)c1O. The Hall–Kier alpha value is -2.70. The normalized spacial score (nSPS) is 10.4. The number of non-ortho nitro benzene ring substituents is 1. The van der Waals surface area contributed by atoms with E-state index >= 15 is 0 Å². The van der Waals surface area contributed by atoms with E-state index in [0.717, 1.165) is 24.3 Å². The van der Waals surface area contributed by atoms with Gasteiger partial charge in [0.25, 0.3) is 5.69 Å². The second kappa shape index (κ2) is 6.29. The monoisotopic (exact) mass is 265 g/mol. The van der Waals surface area contributed by atoms with Gasteiger partial charge in [-0.1, -0.05) is 0 Å². The van der Waals surface area contributed by atoms with Crippen molar-refractivity contribution in [3.63, 3.8) is 0 Å². The van der Waals surface area contributed by atoms with Crippen LogP contribution in [0.2, 0.25) is 0 Å². The highest BCUT2D eigenvalue weighted by Gasteiger charge is 2.14. The number of aromatic hydroxyl groups is 1. The molecule has 1 aromatic carbocycles. The van der Waals surface area contributed by atoms with Crippen molar-refractivity contribution in [2.75, 3.05) is 6.61 Å². The predicted molar refractivity (Wildman–Crippen MR) is 65.8 cm³/mol. The first-order valence-electron chi connectivity index (χ1n) is 5.31. The molecule has 0 spiro atoms. The van der Waals surface area contributed by atoms with Gasteiger partial charge in [0, 0.05) is 23.8 Å². The van der Waals surface area contributed by atoms with Crippen LogP contribution in [0, 0.1) is 10.1 Å². The van der Waals surface area contributed by atoms with Crippen molar-refractivity contribution >= 4 is 24.0 Å². The first-order chi connectivity index (χ1) is 8.99. The van der Waals surface area contributed by atoms with E-state index in [1.807, 2.05) is 0 Å². The molecule has 7 nitrogen and oxygen atoms in total. The van der Waals surface area contributed by atoms with Crippen molar-refractivity contribution in [3.05, 3.63) is 39.4 Å². The molecule has 1 N–H and O–H groups in total. The van der Waals surface area contributed by atoms with Crippen LogP contribution in [-0.4, -0.2) is 28.9 Å². The van der Waals surface area contributed by atoms with Gasteiger partial charge in [0.05, 0.1) is 17.1 Å². The smallest absolute Gasteiger partial charge is 0.330 e. The van der Waals surface area contributed by atoms with Crippen molar-refractivity contribution in [3.8, 4) is 5.75 Å². The molecule has 0 aliphatic rings. The number of benzene rings is 1. The minimum atomic E-state index is -0.700. The molecule has 0 aliphatic carbocycles. The third-order valence-electron chi connectivity index (χ3n) is 2.18. The Balaban J connectivity index is 3.19. The third kappa shape index (κ3) is 3.63. The minimum Gasteiger partial charge on any atom is -0.507 e. The zero-order chi connectivity index (χ0) is 14.4. The number of nitrogens with zero attached hydrogens (tertiary/aromatic N) is 1. The van der Waals surface area contributed by atoms with Gasteiger partial charge in [0.2, 0.25) is 0 Å². The zero-order valence-electron chi connectivity index (χ0n) is 10.0. The average molecular weight is 265 g/mol. The van der Waals surface area contributed by atoms with E-state index in [1.165, 1.54) is 0 Å². The highest BCUT2D eigenvalue weighted by Crippen LogP contribution is 2.28. The minimum absolute atomic E-state index is 0.00986. The van der Waals surface area contributed by atoms with Gasteiger partial charge in [-0.15, -0.1) is 0 Å². The summed E-state index contributed by atoms with van der Waals surface area (Å²) in [5, 5.41) is 20.3. The third-order valence-corrected chi connectivity index (χ3v) is 2.18. The molecular formula is C12H11NO6. The van der Waals surface area contributed by atoms with Gasteiger partial charge in [0.15, 0.2) is 6.29 Å². The van der Waals surface area contributed by atoms with Crippen LogP contribution in [0.15, 0.2) is 18.2 Å². The standard InChI is InChI=1S/C12H11NO6/c1-2-19-11(15)4-3-8-5-10(13(17)18)6-9(7-14)12(8)16/h3-7,16H,2H2,1H3. The lowest BCUT2D eigenvalue weighted by Crippen LogP contribution is -1.99. The Morgan fingerprint density at radius 3 is 2.63 bits per heavy atom. The van der Waals surface area contributed by atoms with E-state index in [0.29, 0.717) is 6.29 Å². The molecule has 0 saturated carbocycles. The van der Waals surface area contributed by atoms with Crippen LogP contribution in [-0.2, 0) is 9.53 Å². The summed E-state index contributed by atoms with van der Waals surface area (Å²) in [4.78, 5) is 31.8. The van der Waals surface area contributed by atoms with Crippen LogP contribution in [0.3, 0.4) is 0 Å². The van der Waals surface area contributed by atoms with Crippen LogP contribution in [0.4, 0.5) is 5.69 Å². The average Bonchev–Trinajstić information content (AvgIpc) is 2.37. The molecule has 0 aliphatic heterocycles. The van der Waals surface area contributed by atoms with E-state index < -0.39 is 16.6 Å². The molecule has 100 valence electrons. The maximum atomic E-state index is 11.1. The molecule has 7 heteroatoms. The predicted octanol–water partition coefficient (Wildman–Crippen LogP) is 1.69. The molecule has 0 aromatic heterocycles.